The maximum Gasteiger partial charge on any atom is 0.234 e. The largest absolute Gasteiger partial charge is 0.353 e. The first-order chi connectivity index (χ1) is 6.22. The van der Waals surface area contributed by atoms with Crippen molar-refractivity contribution in [2.45, 2.75) is 39.3 Å². The molecule has 0 saturated heterocycles. The van der Waals surface area contributed by atoms with Gasteiger partial charge in [0.15, 0.2) is 0 Å². The number of likely N-dealkylation sites (N-methyl/N-ethyl adjacent to an activating group) is 1. The first-order valence-electron chi connectivity index (χ1n) is 4.98. The van der Waals surface area contributed by atoms with Gasteiger partial charge in [0, 0.05) is 18.1 Å². The lowest BCUT2D eigenvalue weighted by Crippen LogP contribution is -2.47. The van der Waals surface area contributed by atoms with E-state index in [-0.39, 0.29) is 11.4 Å². The lowest BCUT2D eigenvalue weighted by atomic mass is 10.1. The number of nitrogens with two attached hydrogens (primary N) is 1. The summed E-state index contributed by atoms with van der Waals surface area (Å²) in [5.41, 5.74) is 5.40. The van der Waals surface area contributed by atoms with Crippen LogP contribution in [-0.4, -0.2) is 42.5 Å². The van der Waals surface area contributed by atoms with Gasteiger partial charge in [0.1, 0.15) is 0 Å². The molecule has 4 heteroatoms. The summed E-state index contributed by atoms with van der Waals surface area (Å²) in [6.07, 6.45) is 0. The average molecular weight is 201 g/mol. The van der Waals surface area contributed by atoms with E-state index >= 15 is 0 Å². The Kier molecular flexibility index (Phi) is 5.08. The van der Waals surface area contributed by atoms with E-state index in [1.807, 2.05) is 25.8 Å². The Morgan fingerprint density at radius 1 is 1.50 bits per heavy atom. The van der Waals surface area contributed by atoms with Crippen LogP contribution in [0.25, 0.3) is 0 Å². The third-order valence-electron chi connectivity index (χ3n) is 2.02. The summed E-state index contributed by atoms with van der Waals surface area (Å²) in [6, 6.07) is 0.381. The maximum atomic E-state index is 11.4. The zero-order chi connectivity index (χ0) is 11.4. The van der Waals surface area contributed by atoms with Crippen LogP contribution in [-0.2, 0) is 4.79 Å². The summed E-state index contributed by atoms with van der Waals surface area (Å²) in [6.45, 7) is 8.82. The first kappa shape index (κ1) is 13.4. The molecule has 3 N–H and O–H groups in total. The number of rotatable bonds is 5. The molecule has 0 saturated carbocycles. The second kappa shape index (κ2) is 5.32. The molecule has 0 rings (SSSR count). The Hall–Kier alpha value is -0.610. The quantitative estimate of drug-likeness (QED) is 0.667. The molecular weight excluding hydrogens is 178 g/mol. The molecule has 1 amide bonds. The smallest absolute Gasteiger partial charge is 0.234 e. The molecule has 0 aliphatic heterocycles. The molecule has 84 valence electrons. The lowest BCUT2D eigenvalue weighted by Gasteiger charge is -2.23. The number of nitrogens with zero attached hydrogens (tertiary/aromatic N) is 1. The van der Waals surface area contributed by atoms with E-state index < -0.39 is 0 Å². The van der Waals surface area contributed by atoms with Crippen LogP contribution in [0.3, 0.4) is 0 Å². The predicted octanol–water partition coefficient (Wildman–Crippen LogP) is 0.180. The van der Waals surface area contributed by atoms with Gasteiger partial charge in [0.05, 0.1) is 6.54 Å². The molecular formula is C10H23N3O. The average Bonchev–Trinajstić information content (AvgIpc) is 1.99. The fourth-order valence-corrected chi connectivity index (χ4v) is 0.791. The molecule has 4 nitrogen and oxygen atoms in total. The lowest BCUT2D eigenvalue weighted by molar-refractivity contribution is -0.122. The summed E-state index contributed by atoms with van der Waals surface area (Å²) in [7, 11) is 1.93. The summed E-state index contributed by atoms with van der Waals surface area (Å²) in [5.74, 6) is 0.0275. The van der Waals surface area contributed by atoms with E-state index in [9.17, 15) is 4.79 Å². The molecule has 0 aromatic heterocycles. The number of carbonyl (C=O) groups excluding carboxylic acids is 1. The topological polar surface area (TPSA) is 58.4 Å². The van der Waals surface area contributed by atoms with Crippen LogP contribution < -0.4 is 11.1 Å². The van der Waals surface area contributed by atoms with Crippen molar-refractivity contribution in [1.29, 1.82) is 0 Å². The SMILES string of the molecule is CC(C)N(C)CC(=O)NCC(C)(C)N. The molecule has 0 fully saturated rings. The molecule has 0 spiro atoms. The van der Waals surface area contributed by atoms with E-state index in [0.29, 0.717) is 19.1 Å². The standard InChI is InChI=1S/C10H23N3O/c1-8(2)13(5)6-9(14)12-7-10(3,4)11/h8H,6-7,11H2,1-5H3,(H,12,14). The second-order valence-electron chi connectivity index (χ2n) is 4.77. The van der Waals surface area contributed by atoms with Gasteiger partial charge in [0.2, 0.25) is 5.91 Å². The van der Waals surface area contributed by atoms with Gasteiger partial charge in [-0.2, -0.15) is 0 Å². The van der Waals surface area contributed by atoms with Crippen LogP contribution in [0.1, 0.15) is 27.7 Å². The van der Waals surface area contributed by atoms with Gasteiger partial charge in [-0.3, -0.25) is 9.69 Å². The zero-order valence-corrected chi connectivity index (χ0v) is 9.92. The molecule has 0 radical (unpaired) electrons. The Bertz CT molecular complexity index is 184. The van der Waals surface area contributed by atoms with Gasteiger partial charge in [-0.05, 0) is 34.7 Å². The third kappa shape index (κ3) is 6.86. The highest BCUT2D eigenvalue weighted by Crippen LogP contribution is 1.94. The Balaban J connectivity index is 3.77. The molecule has 0 unspecified atom stereocenters. The minimum absolute atomic E-state index is 0.0275. The van der Waals surface area contributed by atoms with E-state index in [1.165, 1.54) is 0 Å². The van der Waals surface area contributed by atoms with Gasteiger partial charge < -0.3 is 11.1 Å². The molecule has 0 bridgehead atoms. The molecule has 0 atom stereocenters. The van der Waals surface area contributed by atoms with Gasteiger partial charge in [-0.15, -0.1) is 0 Å². The van der Waals surface area contributed by atoms with E-state index in [1.54, 1.807) is 0 Å². The highest BCUT2D eigenvalue weighted by Gasteiger charge is 2.13. The number of carbonyl (C=O) groups is 1. The van der Waals surface area contributed by atoms with Crippen molar-refractivity contribution in [2.24, 2.45) is 5.73 Å². The molecule has 0 aliphatic rings. The van der Waals surface area contributed by atoms with Gasteiger partial charge in [0.25, 0.3) is 0 Å². The fraction of sp³-hybridized carbons (Fsp3) is 0.900. The molecule has 14 heavy (non-hydrogen) atoms. The van der Waals surface area contributed by atoms with Crippen LogP contribution in [0.15, 0.2) is 0 Å². The van der Waals surface area contributed by atoms with Crippen molar-refractivity contribution in [3.63, 3.8) is 0 Å². The third-order valence-corrected chi connectivity index (χ3v) is 2.02. The normalized spacial score (nSPS) is 12.3. The Morgan fingerprint density at radius 2 is 2.00 bits per heavy atom. The summed E-state index contributed by atoms with van der Waals surface area (Å²) in [5, 5.41) is 2.80. The number of amides is 1. The summed E-state index contributed by atoms with van der Waals surface area (Å²) >= 11 is 0. The first-order valence-corrected chi connectivity index (χ1v) is 4.98. The van der Waals surface area contributed by atoms with Gasteiger partial charge in [-0.25, -0.2) is 0 Å². The Labute approximate surface area is 86.8 Å². The van der Waals surface area contributed by atoms with Crippen LogP contribution in [0.4, 0.5) is 0 Å². The van der Waals surface area contributed by atoms with Crippen LogP contribution >= 0.6 is 0 Å². The summed E-state index contributed by atoms with van der Waals surface area (Å²) < 4.78 is 0. The van der Waals surface area contributed by atoms with Crippen molar-refractivity contribution >= 4 is 5.91 Å². The minimum Gasteiger partial charge on any atom is -0.353 e. The number of nitrogens with one attached hydrogen (secondary N) is 1. The van der Waals surface area contributed by atoms with Crippen molar-refractivity contribution in [3.8, 4) is 0 Å². The molecule has 0 heterocycles. The maximum absolute atomic E-state index is 11.4. The van der Waals surface area contributed by atoms with E-state index in [4.69, 9.17) is 5.73 Å². The predicted molar refractivity (Wildman–Crippen MR) is 59.0 cm³/mol. The highest BCUT2D eigenvalue weighted by atomic mass is 16.2. The monoisotopic (exact) mass is 201 g/mol. The Morgan fingerprint density at radius 3 is 2.36 bits per heavy atom. The van der Waals surface area contributed by atoms with E-state index in [0.717, 1.165) is 0 Å². The molecule has 0 aliphatic carbocycles. The highest BCUT2D eigenvalue weighted by molar-refractivity contribution is 5.78. The van der Waals surface area contributed by atoms with E-state index in [2.05, 4.69) is 19.2 Å². The van der Waals surface area contributed by atoms with Crippen molar-refractivity contribution in [2.75, 3.05) is 20.1 Å². The number of hydrogen-bond donors (Lipinski definition) is 2. The second-order valence-corrected chi connectivity index (χ2v) is 4.77. The molecule has 0 aromatic carbocycles. The zero-order valence-electron chi connectivity index (χ0n) is 9.92. The minimum atomic E-state index is -0.341. The van der Waals surface area contributed by atoms with Crippen molar-refractivity contribution < 1.29 is 4.79 Å². The summed E-state index contributed by atoms with van der Waals surface area (Å²) in [4.78, 5) is 13.4. The number of hydrogen-bond acceptors (Lipinski definition) is 3. The van der Waals surface area contributed by atoms with Crippen LogP contribution in [0, 0.1) is 0 Å². The molecule has 0 aromatic rings. The van der Waals surface area contributed by atoms with Crippen LogP contribution in [0.5, 0.6) is 0 Å². The van der Waals surface area contributed by atoms with Crippen molar-refractivity contribution in [1.82, 2.24) is 10.2 Å². The van der Waals surface area contributed by atoms with Gasteiger partial charge >= 0.3 is 0 Å². The van der Waals surface area contributed by atoms with Crippen LogP contribution in [0.2, 0.25) is 0 Å². The van der Waals surface area contributed by atoms with Crippen molar-refractivity contribution in [3.05, 3.63) is 0 Å². The van der Waals surface area contributed by atoms with Gasteiger partial charge in [-0.1, -0.05) is 0 Å². The fourth-order valence-electron chi connectivity index (χ4n) is 0.791.